The number of carbonyl (C=O) groups is 2. The number of rotatable bonds is 3. The van der Waals surface area contributed by atoms with Crippen LogP contribution in [0.15, 0.2) is 0 Å². The lowest BCUT2D eigenvalue weighted by Crippen LogP contribution is -2.62. The van der Waals surface area contributed by atoms with Crippen molar-refractivity contribution in [2.24, 2.45) is 5.92 Å². The molecule has 6 nitrogen and oxygen atoms in total. The molecule has 2 aliphatic rings. The number of nitrogens with zero attached hydrogens (tertiary/aromatic N) is 1. The molecule has 1 N–H and O–H groups in total. The summed E-state index contributed by atoms with van der Waals surface area (Å²) in [6, 6.07) is -0.858. The summed E-state index contributed by atoms with van der Waals surface area (Å²) in [5.74, 6) is 0.131. The van der Waals surface area contributed by atoms with Crippen molar-refractivity contribution in [3.05, 3.63) is 0 Å². The zero-order valence-electron chi connectivity index (χ0n) is 12.0. The quantitative estimate of drug-likeness (QED) is 0.791. The average molecular weight is 302 g/mol. The van der Waals surface area contributed by atoms with Crippen molar-refractivity contribution >= 4 is 21.7 Å². The lowest BCUT2D eigenvalue weighted by molar-refractivity contribution is -0.146. The molecule has 2 amide bonds. The van der Waals surface area contributed by atoms with Crippen LogP contribution in [0, 0.1) is 5.92 Å². The third-order valence-electron chi connectivity index (χ3n) is 3.82. The summed E-state index contributed by atoms with van der Waals surface area (Å²) in [6.07, 6.45) is 1.81. The highest BCUT2D eigenvalue weighted by Crippen LogP contribution is 2.21. The van der Waals surface area contributed by atoms with E-state index in [1.165, 1.54) is 4.90 Å². The average Bonchev–Trinajstić information content (AvgIpc) is 2.31. The molecular formula is C13H22N2O4S. The fraction of sp³-hybridized carbons (Fsp3) is 0.846. The summed E-state index contributed by atoms with van der Waals surface area (Å²) < 4.78 is 23.4. The van der Waals surface area contributed by atoms with Gasteiger partial charge in [0.25, 0.3) is 0 Å². The fourth-order valence-electron chi connectivity index (χ4n) is 2.92. The van der Waals surface area contributed by atoms with Gasteiger partial charge in [-0.2, -0.15) is 0 Å². The molecule has 2 rings (SSSR count). The first-order chi connectivity index (χ1) is 9.28. The van der Waals surface area contributed by atoms with Gasteiger partial charge in [0.1, 0.15) is 6.04 Å². The smallest absolute Gasteiger partial charge is 0.245 e. The van der Waals surface area contributed by atoms with Crippen LogP contribution in [0.3, 0.4) is 0 Å². The van der Waals surface area contributed by atoms with Crippen LogP contribution >= 0.6 is 0 Å². The molecule has 0 spiro atoms. The molecule has 2 heterocycles. The molecule has 0 aromatic heterocycles. The van der Waals surface area contributed by atoms with Crippen LogP contribution in [0.4, 0.5) is 0 Å². The topological polar surface area (TPSA) is 83.6 Å². The Kier molecular flexibility index (Phi) is 4.36. The Balaban J connectivity index is 2.13. The summed E-state index contributed by atoms with van der Waals surface area (Å²) >= 11 is 0. The predicted molar refractivity (Wildman–Crippen MR) is 74.8 cm³/mol. The number of hydrogen-bond donors (Lipinski definition) is 1. The first-order valence-electron chi connectivity index (χ1n) is 7.09. The van der Waals surface area contributed by atoms with Gasteiger partial charge in [-0.25, -0.2) is 8.42 Å². The Morgan fingerprint density at radius 1 is 1.35 bits per heavy atom. The van der Waals surface area contributed by atoms with Gasteiger partial charge in [0.05, 0.1) is 18.1 Å². The fourth-order valence-corrected chi connectivity index (χ4v) is 4.63. The standard InChI is InChI=1S/C13H22N2O4S/c1-9(2)6-11-13(17)15(7-12(16)14-11)10-4-3-5-20(18,19)8-10/h9-11H,3-8H2,1-2H3,(H,14,16). The van der Waals surface area contributed by atoms with E-state index in [0.29, 0.717) is 25.2 Å². The van der Waals surface area contributed by atoms with Crippen molar-refractivity contribution in [1.82, 2.24) is 10.2 Å². The van der Waals surface area contributed by atoms with E-state index in [1.54, 1.807) is 0 Å². The van der Waals surface area contributed by atoms with E-state index >= 15 is 0 Å². The van der Waals surface area contributed by atoms with E-state index in [-0.39, 0.29) is 35.9 Å². The molecule has 2 atom stereocenters. The Morgan fingerprint density at radius 2 is 2.05 bits per heavy atom. The maximum absolute atomic E-state index is 12.4. The van der Waals surface area contributed by atoms with E-state index in [2.05, 4.69) is 5.32 Å². The lowest BCUT2D eigenvalue weighted by atomic mass is 9.99. The van der Waals surface area contributed by atoms with Crippen molar-refractivity contribution in [3.8, 4) is 0 Å². The van der Waals surface area contributed by atoms with Crippen molar-refractivity contribution in [1.29, 1.82) is 0 Å². The molecule has 0 aromatic rings. The van der Waals surface area contributed by atoms with Gasteiger partial charge < -0.3 is 10.2 Å². The normalized spacial score (nSPS) is 30.4. The summed E-state index contributed by atoms with van der Waals surface area (Å²) in [4.78, 5) is 25.7. The Hall–Kier alpha value is -1.11. The third-order valence-corrected chi connectivity index (χ3v) is 5.62. The van der Waals surface area contributed by atoms with Crippen molar-refractivity contribution in [2.45, 2.75) is 45.2 Å². The van der Waals surface area contributed by atoms with Crippen LogP contribution in [-0.2, 0) is 19.4 Å². The molecule has 0 aromatic carbocycles. The molecular weight excluding hydrogens is 280 g/mol. The summed E-state index contributed by atoms with van der Waals surface area (Å²) in [5.41, 5.74) is 0. The number of carbonyl (C=O) groups excluding carboxylic acids is 2. The van der Waals surface area contributed by atoms with Gasteiger partial charge in [-0.15, -0.1) is 0 Å². The van der Waals surface area contributed by atoms with Crippen LogP contribution in [0.1, 0.15) is 33.1 Å². The Bertz CT molecular complexity index is 501. The second kappa shape index (κ2) is 5.71. The minimum absolute atomic E-state index is 0.0135. The number of amides is 2. The van der Waals surface area contributed by atoms with E-state index in [1.807, 2.05) is 13.8 Å². The summed E-state index contributed by atoms with van der Waals surface area (Å²) in [5, 5.41) is 2.71. The van der Waals surface area contributed by atoms with Crippen LogP contribution in [0.2, 0.25) is 0 Å². The SMILES string of the molecule is CC(C)CC1NC(=O)CN(C2CCCS(=O)(=O)C2)C1=O. The second-order valence-corrected chi connectivity index (χ2v) is 8.35. The zero-order chi connectivity index (χ0) is 14.9. The first kappa shape index (κ1) is 15.3. The Morgan fingerprint density at radius 3 is 2.65 bits per heavy atom. The molecule has 0 saturated carbocycles. The number of piperazine rings is 1. The minimum Gasteiger partial charge on any atom is -0.343 e. The largest absolute Gasteiger partial charge is 0.343 e. The molecule has 2 saturated heterocycles. The molecule has 0 aliphatic carbocycles. The van der Waals surface area contributed by atoms with Crippen LogP contribution in [0.25, 0.3) is 0 Å². The van der Waals surface area contributed by atoms with E-state index in [0.717, 1.165) is 0 Å². The number of sulfone groups is 1. The molecule has 2 fully saturated rings. The van der Waals surface area contributed by atoms with Gasteiger partial charge in [0.15, 0.2) is 9.84 Å². The van der Waals surface area contributed by atoms with Gasteiger partial charge in [-0.3, -0.25) is 9.59 Å². The highest BCUT2D eigenvalue weighted by molar-refractivity contribution is 7.91. The van der Waals surface area contributed by atoms with Gasteiger partial charge in [-0.05, 0) is 25.2 Å². The molecule has 7 heteroatoms. The monoisotopic (exact) mass is 302 g/mol. The van der Waals surface area contributed by atoms with Gasteiger partial charge in [0.2, 0.25) is 11.8 Å². The van der Waals surface area contributed by atoms with Gasteiger partial charge in [0, 0.05) is 6.04 Å². The summed E-state index contributed by atoms with van der Waals surface area (Å²) in [6.45, 7) is 3.96. The Labute approximate surface area is 119 Å². The minimum atomic E-state index is -3.09. The maximum atomic E-state index is 12.4. The number of hydrogen-bond acceptors (Lipinski definition) is 4. The van der Waals surface area contributed by atoms with Gasteiger partial charge in [-0.1, -0.05) is 13.8 Å². The van der Waals surface area contributed by atoms with Crippen LogP contribution < -0.4 is 5.32 Å². The van der Waals surface area contributed by atoms with E-state index in [9.17, 15) is 18.0 Å². The molecule has 2 aliphatic heterocycles. The summed E-state index contributed by atoms with van der Waals surface area (Å²) in [7, 11) is -3.09. The predicted octanol–water partition coefficient (Wildman–Crippen LogP) is -0.0633. The van der Waals surface area contributed by atoms with Gasteiger partial charge >= 0.3 is 0 Å². The highest BCUT2D eigenvalue weighted by Gasteiger charge is 2.39. The highest BCUT2D eigenvalue weighted by atomic mass is 32.2. The maximum Gasteiger partial charge on any atom is 0.245 e. The molecule has 114 valence electrons. The van der Waals surface area contributed by atoms with Crippen LogP contribution in [0.5, 0.6) is 0 Å². The third kappa shape index (κ3) is 3.50. The zero-order valence-corrected chi connectivity index (χ0v) is 12.8. The molecule has 0 bridgehead atoms. The van der Waals surface area contributed by atoms with Crippen molar-refractivity contribution < 1.29 is 18.0 Å². The number of nitrogens with one attached hydrogen (secondary N) is 1. The molecule has 0 radical (unpaired) electrons. The van der Waals surface area contributed by atoms with E-state index in [4.69, 9.17) is 0 Å². The second-order valence-electron chi connectivity index (χ2n) is 6.13. The van der Waals surface area contributed by atoms with E-state index < -0.39 is 15.9 Å². The lowest BCUT2D eigenvalue weighted by Gasteiger charge is -2.39. The first-order valence-corrected chi connectivity index (χ1v) is 8.91. The molecule has 2 unspecified atom stereocenters. The molecule has 20 heavy (non-hydrogen) atoms. The van der Waals surface area contributed by atoms with Crippen molar-refractivity contribution in [2.75, 3.05) is 18.1 Å². The van der Waals surface area contributed by atoms with Crippen LogP contribution in [-0.4, -0.2) is 55.3 Å². The van der Waals surface area contributed by atoms with Crippen molar-refractivity contribution in [3.63, 3.8) is 0 Å².